The lowest BCUT2D eigenvalue weighted by molar-refractivity contribution is 1.68. The van der Waals surface area contributed by atoms with Gasteiger partial charge in [-0.1, -0.05) is 0 Å². The third-order valence-electron chi connectivity index (χ3n) is 5.13. The molecule has 0 saturated heterocycles. The average Bonchev–Trinajstić information content (AvgIpc) is 2.62. The Morgan fingerprint density at radius 3 is 1.41 bits per heavy atom. The van der Waals surface area contributed by atoms with E-state index < -0.39 is 0 Å². The van der Waals surface area contributed by atoms with Crippen molar-refractivity contribution in [1.29, 1.82) is 0 Å². The number of nitrogens with two attached hydrogens (primary N) is 9. The van der Waals surface area contributed by atoms with Crippen molar-refractivity contribution in [2.24, 2.45) is 0 Å². The number of benzene rings is 4. The predicted octanol–water partition coefficient (Wildman–Crippen LogP) is 1.39. The Morgan fingerprint density at radius 2 is 0.778 bits per heavy atom. The van der Waals surface area contributed by atoms with Gasteiger partial charge in [0.15, 0.2) is 0 Å². The van der Waals surface area contributed by atoms with Gasteiger partial charge in [0.05, 0.1) is 51.2 Å². The van der Waals surface area contributed by atoms with Crippen LogP contribution in [0.25, 0.3) is 32.3 Å². The van der Waals surface area contributed by atoms with Crippen molar-refractivity contribution in [3.63, 3.8) is 0 Å². The molecule has 0 atom stereocenters. The van der Waals surface area contributed by atoms with Crippen LogP contribution >= 0.6 is 0 Å². The third kappa shape index (κ3) is 1.87. The summed E-state index contributed by atoms with van der Waals surface area (Å²) in [6, 6.07) is 5.10. The van der Waals surface area contributed by atoms with E-state index in [-0.39, 0.29) is 22.7 Å². The largest absolute Gasteiger partial charge is 0.397 e. The Morgan fingerprint density at radius 1 is 0.333 bits per heavy atom. The van der Waals surface area contributed by atoms with Gasteiger partial charge in [-0.2, -0.15) is 0 Å². The maximum atomic E-state index is 6.33. The van der Waals surface area contributed by atoms with Crippen molar-refractivity contribution in [3.8, 4) is 0 Å². The van der Waals surface area contributed by atoms with Gasteiger partial charge >= 0.3 is 0 Å². The fraction of sp³-hybridized carbons (Fsp3) is 0. The molecule has 0 radical (unpaired) electrons. The second-order valence-electron chi connectivity index (χ2n) is 6.65. The first-order valence-electron chi connectivity index (χ1n) is 8.08. The van der Waals surface area contributed by atoms with Gasteiger partial charge in [-0.3, -0.25) is 0 Å². The first-order valence-corrected chi connectivity index (χ1v) is 8.08. The van der Waals surface area contributed by atoms with Crippen LogP contribution in [0.5, 0.6) is 0 Å². The van der Waals surface area contributed by atoms with Gasteiger partial charge in [0.25, 0.3) is 0 Å². The molecule has 4 aromatic carbocycles. The normalized spacial score (nSPS) is 11.6. The van der Waals surface area contributed by atoms with Crippen LogP contribution in [0.4, 0.5) is 51.2 Å². The van der Waals surface area contributed by atoms with E-state index in [2.05, 4.69) is 0 Å². The van der Waals surface area contributed by atoms with E-state index in [9.17, 15) is 0 Å². The summed E-state index contributed by atoms with van der Waals surface area (Å²) in [7, 11) is 0. The smallest absolute Gasteiger partial charge is 0.0788 e. The molecule has 0 aromatic heterocycles. The fourth-order valence-corrected chi connectivity index (χ4v) is 3.67. The number of anilines is 9. The summed E-state index contributed by atoms with van der Waals surface area (Å²) in [5.41, 5.74) is 58.2. The van der Waals surface area contributed by atoms with Crippen LogP contribution in [0.15, 0.2) is 18.2 Å². The zero-order chi connectivity index (χ0) is 19.8. The van der Waals surface area contributed by atoms with Gasteiger partial charge < -0.3 is 51.6 Å². The second kappa shape index (κ2) is 4.94. The third-order valence-corrected chi connectivity index (χ3v) is 5.13. The number of hydrogen-bond acceptors (Lipinski definition) is 9. The van der Waals surface area contributed by atoms with Gasteiger partial charge in [0.2, 0.25) is 0 Å². The van der Waals surface area contributed by atoms with E-state index >= 15 is 0 Å². The molecule has 0 fully saturated rings. The molecule has 0 aliphatic rings. The van der Waals surface area contributed by atoms with Crippen molar-refractivity contribution in [2.75, 3.05) is 51.6 Å². The first kappa shape index (κ1) is 16.3. The summed E-state index contributed by atoms with van der Waals surface area (Å²) in [5.74, 6) is 0. The molecule has 0 unspecified atom stereocenters. The summed E-state index contributed by atoms with van der Waals surface area (Å²) in [6.07, 6.45) is 0. The minimum absolute atomic E-state index is 0.240. The molecule has 0 amide bonds. The molecule has 0 aliphatic carbocycles. The highest BCUT2D eigenvalue weighted by Gasteiger charge is 2.21. The van der Waals surface area contributed by atoms with Crippen LogP contribution in [0, 0.1) is 0 Å². The lowest BCUT2D eigenvalue weighted by Gasteiger charge is -2.20. The molecule has 9 nitrogen and oxygen atoms in total. The number of rotatable bonds is 0. The molecule has 0 heterocycles. The molecule has 4 rings (SSSR count). The Hall–Kier alpha value is -4.14. The highest BCUT2D eigenvalue weighted by atomic mass is 14.8. The molecule has 0 spiro atoms. The summed E-state index contributed by atoms with van der Waals surface area (Å²) < 4.78 is 0. The molecule has 18 N–H and O–H groups in total. The maximum absolute atomic E-state index is 6.33. The summed E-state index contributed by atoms with van der Waals surface area (Å²) >= 11 is 0. The zero-order valence-electron chi connectivity index (χ0n) is 14.4. The molecule has 0 bridgehead atoms. The molecule has 9 heteroatoms. The number of hydrogen-bond donors (Lipinski definition) is 9. The van der Waals surface area contributed by atoms with E-state index in [0.717, 1.165) is 0 Å². The molecular formula is C18H21N9. The Labute approximate surface area is 154 Å². The lowest BCUT2D eigenvalue weighted by Crippen LogP contribution is -2.07. The second-order valence-corrected chi connectivity index (χ2v) is 6.65. The van der Waals surface area contributed by atoms with Crippen molar-refractivity contribution < 1.29 is 0 Å². The Bertz CT molecular complexity index is 1310. The highest BCUT2D eigenvalue weighted by Crippen LogP contribution is 2.49. The summed E-state index contributed by atoms with van der Waals surface area (Å²) in [4.78, 5) is 0. The van der Waals surface area contributed by atoms with Crippen molar-refractivity contribution in [3.05, 3.63) is 18.2 Å². The minimum atomic E-state index is 0.240. The number of fused-ring (bicyclic) bond motifs is 5. The van der Waals surface area contributed by atoms with Crippen molar-refractivity contribution in [1.82, 2.24) is 0 Å². The van der Waals surface area contributed by atoms with Crippen LogP contribution in [0.1, 0.15) is 0 Å². The molecular weight excluding hydrogens is 342 g/mol. The monoisotopic (exact) mass is 363 g/mol. The Kier molecular flexibility index (Phi) is 2.99. The van der Waals surface area contributed by atoms with Crippen molar-refractivity contribution >= 4 is 83.5 Å². The van der Waals surface area contributed by atoms with E-state index in [0.29, 0.717) is 60.8 Å². The van der Waals surface area contributed by atoms with E-state index in [4.69, 9.17) is 51.6 Å². The molecule has 0 saturated carbocycles. The van der Waals surface area contributed by atoms with E-state index in [1.54, 1.807) is 18.2 Å². The Balaban J connectivity index is 2.48. The minimum Gasteiger partial charge on any atom is -0.397 e. The van der Waals surface area contributed by atoms with E-state index in [1.165, 1.54) is 0 Å². The quantitative estimate of drug-likeness (QED) is 0.124. The zero-order valence-corrected chi connectivity index (χ0v) is 14.4. The van der Waals surface area contributed by atoms with Crippen LogP contribution in [-0.4, -0.2) is 0 Å². The summed E-state index contributed by atoms with van der Waals surface area (Å²) in [6.45, 7) is 0. The summed E-state index contributed by atoms with van der Waals surface area (Å²) in [5, 5.41) is 3.71. The predicted molar refractivity (Wildman–Crippen MR) is 119 cm³/mol. The first-order chi connectivity index (χ1) is 12.6. The van der Waals surface area contributed by atoms with Gasteiger partial charge in [-0.05, 0) is 29.0 Å². The van der Waals surface area contributed by atoms with Crippen LogP contribution in [0.2, 0.25) is 0 Å². The molecule has 0 aliphatic heterocycles. The number of nitrogen functional groups attached to an aromatic ring is 9. The topological polar surface area (TPSA) is 234 Å². The average molecular weight is 363 g/mol. The molecule has 27 heavy (non-hydrogen) atoms. The standard InChI is InChI=1S/C18H21N9/c19-7-1-4-5(2-8(7)20)13(22)17(26)12-10(4)6-3-9(21)14(23)15(24)11(6)16(25)18(12)27/h1-3H,19-27H2. The van der Waals surface area contributed by atoms with Gasteiger partial charge in [0.1, 0.15) is 0 Å². The highest BCUT2D eigenvalue weighted by molar-refractivity contribution is 6.35. The molecule has 4 aromatic rings. The van der Waals surface area contributed by atoms with E-state index in [1.807, 2.05) is 0 Å². The van der Waals surface area contributed by atoms with Crippen LogP contribution in [0.3, 0.4) is 0 Å². The van der Waals surface area contributed by atoms with Crippen LogP contribution in [-0.2, 0) is 0 Å². The SMILES string of the molecule is Nc1cc2c(N)c(N)c3c(N)c(N)c4c(N)c(N)c(N)cc4c3c2cc1N. The van der Waals surface area contributed by atoms with Gasteiger partial charge in [-0.15, -0.1) is 0 Å². The van der Waals surface area contributed by atoms with Crippen LogP contribution < -0.4 is 51.6 Å². The maximum Gasteiger partial charge on any atom is 0.0788 e. The fourth-order valence-electron chi connectivity index (χ4n) is 3.67. The van der Waals surface area contributed by atoms with Gasteiger partial charge in [-0.25, -0.2) is 0 Å². The molecule has 138 valence electrons. The van der Waals surface area contributed by atoms with Gasteiger partial charge in [0, 0.05) is 21.5 Å². The van der Waals surface area contributed by atoms with Crippen molar-refractivity contribution in [2.45, 2.75) is 0 Å². The lowest BCUT2D eigenvalue weighted by atomic mass is 9.90.